The maximum atomic E-state index is 5.61. The van der Waals surface area contributed by atoms with E-state index >= 15 is 0 Å². The van der Waals surface area contributed by atoms with Crippen LogP contribution in [-0.2, 0) is 0 Å². The number of rotatable bonds is 7. The summed E-state index contributed by atoms with van der Waals surface area (Å²) in [6.07, 6.45) is 2.29. The first kappa shape index (κ1) is 12.1. The van der Waals surface area contributed by atoms with Gasteiger partial charge in [-0.05, 0) is 45.0 Å². The largest absolute Gasteiger partial charge is 0.494 e. The van der Waals surface area contributed by atoms with E-state index in [1.807, 2.05) is 12.1 Å². The fourth-order valence-corrected chi connectivity index (χ4v) is 1.35. The summed E-state index contributed by atoms with van der Waals surface area (Å²) in [6.45, 7) is 7.17. The van der Waals surface area contributed by atoms with Crippen LogP contribution in [0.3, 0.4) is 0 Å². The quantitative estimate of drug-likeness (QED) is 0.694. The molecule has 0 aliphatic rings. The molecule has 84 valence electrons. The molecule has 0 amide bonds. The van der Waals surface area contributed by atoms with Gasteiger partial charge in [0.05, 0.1) is 6.61 Å². The Balaban J connectivity index is 2.07. The van der Waals surface area contributed by atoms with Gasteiger partial charge in [0.25, 0.3) is 0 Å². The first-order chi connectivity index (χ1) is 7.33. The fraction of sp³-hybridized carbons (Fsp3) is 0.538. The second-order valence-corrected chi connectivity index (χ2v) is 3.72. The SMILES string of the molecule is CCNCCCCOc1ccc(C)cc1. The Kier molecular flexibility index (Phi) is 5.86. The van der Waals surface area contributed by atoms with Crippen LogP contribution < -0.4 is 10.1 Å². The van der Waals surface area contributed by atoms with Crippen LogP contribution in [0.25, 0.3) is 0 Å². The van der Waals surface area contributed by atoms with E-state index in [9.17, 15) is 0 Å². The van der Waals surface area contributed by atoms with E-state index in [0.29, 0.717) is 0 Å². The van der Waals surface area contributed by atoms with Crippen molar-refractivity contribution in [3.63, 3.8) is 0 Å². The van der Waals surface area contributed by atoms with Crippen molar-refractivity contribution in [2.75, 3.05) is 19.7 Å². The van der Waals surface area contributed by atoms with E-state index in [1.165, 1.54) is 12.0 Å². The minimum atomic E-state index is 0.814. The summed E-state index contributed by atoms with van der Waals surface area (Å²) in [5.41, 5.74) is 1.27. The second kappa shape index (κ2) is 7.30. The molecule has 0 unspecified atom stereocenters. The molecule has 1 rings (SSSR count). The molecule has 0 aromatic heterocycles. The van der Waals surface area contributed by atoms with Gasteiger partial charge in [-0.25, -0.2) is 0 Å². The third-order valence-electron chi connectivity index (χ3n) is 2.29. The normalized spacial score (nSPS) is 10.3. The van der Waals surface area contributed by atoms with Gasteiger partial charge in [-0.15, -0.1) is 0 Å². The van der Waals surface area contributed by atoms with E-state index in [2.05, 4.69) is 31.3 Å². The van der Waals surface area contributed by atoms with E-state index < -0.39 is 0 Å². The molecule has 15 heavy (non-hydrogen) atoms. The Morgan fingerprint density at radius 2 is 1.87 bits per heavy atom. The lowest BCUT2D eigenvalue weighted by Crippen LogP contribution is -2.14. The summed E-state index contributed by atoms with van der Waals surface area (Å²) < 4.78 is 5.61. The van der Waals surface area contributed by atoms with Crippen LogP contribution in [0.1, 0.15) is 25.3 Å². The van der Waals surface area contributed by atoms with Crippen molar-refractivity contribution in [3.05, 3.63) is 29.8 Å². The number of hydrogen-bond donors (Lipinski definition) is 1. The van der Waals surface area contributed by atoms with Crippen molar-refractivity contribution in [3.8, 4) is 5.75 Å². The Labute approximate surface area is 92.6 Å². The third kappa shape index (κ3) is 5.43. The Hall–Kier alpha value is -1.02. The number of nitrogens with one attached hydrogen (secondary N) is 1. The van der Waals surface area contributed by atoms with Crippen LogP contribution in [-0.4, -0.2) is 19.7 Å². The molecule has 0 saturated carbocycles. The Bertz CT molecular complexity index is 256. The van der Waals surface area contributed by atoms with Crippen molar-refractivity contribution < 1.29 is 4.74 Å². The lowest BCUT2D eigenvalue weighted by molar-refractivity contribution is 0.306. The van der Waals surface area contributed by atoms with Gasteiger partial charge in [-0.1, -0.05) is 24.6 Å². The molecule has 1 N–H and O–H groups in total. The van der Waals surface area contributed by atoms with Crippen molar-refractivity contribution >= 4 is 0 Å². The third-order valence-corrected chi connectivity index (χ3v) is 2.29. The molecular weight excluding hydrogens is 186 g/mol. The molecule has 0 atom stereocenters. The van der Waals surface area contributed by atoms with Crippen molar-refractivity contribution in [2.45, 2.75) is 26.7 Å². The van der Waals surface area contributed by atoms with Gasteiger partial charge < -0.3 is 10.1 Å². The highest BCUT2D eigenvalue weighted by Crippen LogP contribution is 2.11. The van der Waals surface area contributed by atoms with Crippen LogP contribution in [0.2, 0.25) is 0 Å². The van der Waals surface area contributed by atoms with Gasteiger partial charge in [-0.3, -0.25) is 0 Å². The predicted molar refractivity (Wildman–Crippen MR) is 64.5 cm³/mol. The molecule has 0 radical (unpaired) electrons. The van der Waals surface area contributed by atoms with E-state index in [-0.39, 0.29) is 0 Å². The monoisotopic (exact) mass is 207 g/mol. The zero-order valence-electron chi connectivity index (χ0n) is 9.75. The van der Waals surface area contributed by atoms with E-state index in [4.69, 9.17) is 4.74 Å². The fourth-order valence-electron chi connectivity index (χ4n) is 1.35. The van der Waals surface area contributed by atoms with Crippen LogP contribution in [0.4, 0.5) is 0 Å². The number of unbranched alkanes of at least 4 members (excludes halogenated alkanes) is 1. The van der Waals surface area contributed by atoms with Crippen molar-refractivity contribution in [1.82, 2.24) is 5.32 Å². The molecule has 1 aromatic carbocycles. The summed E-state index contributed by atoms with van der Waals surface area (Å²) in [7, 11) is 0. The van der Waals surface area contributed by atoms with Crippen LogP contribution in [0, 0.1) is 6.92 Å². The van der Waals surface area contributed by atoms with E-state index in [1.54, 1.807) is 0 Å². The van der Waals surface area contributed by atoms with Gasteiger partial charge >= 0.3 is 0 Å². The highest BCUT2D eigenvalue weighted by Gasteiger charge is 1.93. The molecular formula is C13H21NO. The lowest BCUT2D eigenvalue weighted by Gasteiger charge is -2.06. The zero-order valence-corrected chi connectivity index (χ0v) is 9.75. The molecule has 0 saturated heterocycles. The van der Waals surface area contributed by atoms with Crippen molar-refractivity contribution in [1.29, 1.82) is 0 Å². The number of hydrogen-bond acceptors (Lipinski definition) is 2. The van der Waals surface area contributed by atoms with Crippen molar-refractivity contribution in [2.24, 2.45) is 0 Å². The lowest BCUT2D eigenvalue weighted by atomic mass is 10.2. The number of benzene rings is 1. The summed E-state index contributed by atoms with van der Waals surface area (Å²) in [4.78, 5) is 0. The summed E-state index contributed by atoms with van der Waals surface area (Å²) >= 11 is 0. The average molecular weight is 207 g/mol. The molecule has 0 aliphatic carbocycles. The maximum Gasteiger partial charge on any atom is 0.119 e. The summed E-state index contributed by atoms with van der Waals surface area (Å²) in [5, 5.41) is 3.30. The molecule has 2 nitrogen and oxygen atoms in total. The Morgan fingerprint density at radius 3 is 2.53 bits per heavy atom. The first-order valence-electron chi connectivity index (χ1n) is 5.73. The molecule has 0 bridgehead atoms. The standard InChI is InChI=1S/C13H21NO/c1-3-14-10-4-5-11-15-13-8-6-12(2)7-9-13/h6-9,14H,3-5,10-11H2,1-2H3. The van der Waals surface area contributed by atoms with Crippen LogP contribution in [0.5, 0.6) is 5.75 Å². The second-order valence-electron chi connectivity index (χ2n) is 3.72. The smallest absolute Gasteiger partial charge is 0.119 e. The molecule has 2 heteroatoms. The van der Waals surface area contributed by atoms with E-state index in [0.717, 1.165) is 31.9 Å². The average Bonchev–Trinajstić information content (AvgIpc) is 2.26. The van der Waals surface area contributed by atoms with Gasteiger partial charge in [0.15, 0.2) is 0 Å². The van der Waals surface area contributed by atoms with Crippen LogP contribution >= 0.6 is 0 Å². The minimum absolute atomic E-state index is 0.814. The highest BCUT2D eigenvalue weighted by atomic mass is 16.5. The topological polar surface area (TPSA) is 21.3 Å². The number of aryl methyl sites for hydroxylation is 1. The highest BCUT2D eigenvalue weighted by molar-refractivity contribution is 5.26. The predicted octanol–water partition coefficient (Wildman–Crippen LogP) is 2.76. The maximum absolute atomic E-state index is 5.61. The summed E-state index contributed by atoms with van der Waals surface area (Å²) in [6, 6.07) is 8.21. The molecule has 0 spiro atoms. The molecule has 0 aliphatic heterocycles. The number of ether oxygens (including phenoxy) is 1. The summed E-state index contributed by atoms with van der Waals surface area (Å²) in [5.74, 6) is 0.976. The first-order valence-corrected chi connectivity index (χ1v) is 5.73. The molecule has 0 fully saturated rings. The molecule has 0 heterocycles. The Morgan fingerprint density at radius 1 is 1.13 bits per heavy atom. The molecule has 1 aromatic rings. The van der Waals surface area contributed by atoms with Gasteiger partial charge in [0.1, 0.15) is 5.75 Å². The van der Waals surface area contributed by atoms with Gasteiger partial charge in [-0.2, -0.15) is 0 Å². The zero-order chi connectivity index (χ0) is 10.9. The van der Waals surface area contributed by atoms with Gasteiger partial charge in [0, 0.05) is 0 Å². The van der Waals surface area contributed by atoms with Gasteiger partial charge in [0.2, 0.25) is 0 Å². The minimum Gasteiger partial charge on any atom is -0.494 e. The van der Waals surface area contributed by atoms with Crippen LogP contribution in [0.15, 0.2) is 24.3 Å².